The maximum absolute atomic E-state index is 4.52. The van der Waals surface area contributed by atoms with Crippen molar-refractivity contribution >= 4 is 11.6 Å². The molecule has 2 N–H and O–H groups in total. The second kappa shape index (κ2) is 6.19. The van der Waals surface area contributed by atoms with Crippen LogP contribution in [0, 0.1) is 19.8 Å². The minimum absolute atomic E-state index is 0.724. The number of anilines is 2. The molecule has 0 aromatic carbocycles. The number of aromatic nitrogens is 2. The van der Waals surface area contributed by atoms with Crippen molar-refractivity contribution in [1.29, 1.82) is 0 Å². The summed E-state index contributed by atoms with van der Waals surface area (Å²) in [6.07, 6.45) is 1.27. The van der Waals surface area contributed by atoms with Gasteiger partial charge >= 0.3 is 0 Å². The summed E-state index contributed by atoms with van der Waals surface area (Å²) < 4.78 is 0. The number of likely N-dealkylation sites (tertiary alicyclic amines) is 1. The minimum Gasteiger partial charge on any atom is -0.370 e. The van der Waals surface area contributed by atoms with Crippen molar-refractivity contribution in [2.75, 3.05) is 43.9 Å². The van der Waals surface area contributed by atoms with Gasteiger partial charge in [-0.3, -0.25) is 0 Å². The topological polar surface area (TPSA) is 53.1 Å². The van der Waals surface area contributed by atoms with Gasteiger partial charge < -0.3 is 15.5 Å². The fraction of sp³-hybridized carbons (Fsp3) is 0.714. The predicted octanol–water partition coefficient (Wildman–Crippen LogP) is 1.89. The zero-order valence-electron chi connectivity index (χ0n) is 12.5. The number of rotatable bonds is 5. The Morgan fingerprint density at radius 3 is 2.47 bits per heavy atom. The third-order valence-electron chi connectivity index (χ3n) is 3.65. The molecule has 19 heavy (non-hydrogen) atoms. The van der Waals surface area contributed by atoms with Crippen molar-refractivity contribution in [2.45, 2.75) is 27.2 Å². The van der Waals surface area contributed by atoms with Gasteiger partial charge in [-0.2, -0.15) is 0 Å². The summed E-state index contributed by atoms with van der Waals surface area (Å²) in [5.41, 5.74) is 1.11. The summed E-state index contributed by atoms with van der Waals surface area (Å²) in [7, 11) is 2.18. The third-order valence-corrected chi connectivity index (χ3v) is 3.65. The van der Waals surface area contributed by atoms with Crippen LogP contribution in [-0.2, 0) is 0 Å². The summed E-state index contributed by atoms with van der Waals surface area (Å²) in [5, 5.41) is 6.79. The number of nitrogens with one attached hydrogen (secondary N) is 2. The zero-order valence-corrected chi connectivity index (χ0v) is 12.5. The van der Waals surface area contributed by atoms with Gasteiger partial charge in [0.2, 0.25) is 0 Å². The van der Waals surface area contributed by atoms with Crippen LogP contribution in [0.5, 0.6) is 0 Å². The van der Waals surface area contributed by atoms with E-state index in [0.717, 1.165) is 42.0 Å². The molecule has 0 spiro atoms. The Balaban J connectivity index is 2.03. The van der Waals surface area contributed by atoms with E-state index < -0.39 is 0 Å². The van der Waals surface area contributed by atoms with Gasteiger partial charge in [0.25, 0.3) is 0 Å². The first-order valence-electron chi connectivity index (χ1n) is 7.11. The highest BCUT2D eigenvalue weighted by molar-refractivity contribution is 5.57. The number of nitrogens with zero attached hydrogens (tertiary/aromatic N) is 3. The highest BCUT2D eigenvalue weighted by Gasteiger charge is 2.19. The van der Waals surface area contributed by atoms with E-state index in [4.69, 9.17) is 0 Å². The summed E-state index contributed by atoms with van der Waals surface area (Å²) in [5.74, 6) is 3.45. The number of hydrogen-bond acceptors (Lipinski definition) is 5. The van der Waals surface area contributed by atoms with Crippen LogP contribution < -0.4 is 10.6 Å². The van der Waals surface area contributed by atoms with E-state index in [9.17, 15) is 0 Å². The molecule has 0 amide bonds. The fourth-order valence-electron chi connectivity index (χ4n) is 2.57. The Morgan fingerprint density at radius 2 is 1.89 bits per heavy atom. The molecule has 1 fully saturated rings. The summed E-state index contributed by atoms with van der Waals surface area (Å²) in [4.78, 5) is 11.3. The van der Waals surface area contributed by atoms with E-state index in [1.807, 2.05) is 6.92 Å². The van der Waals surface area contributed by atoms with Gasteiger partial charge in [-0.15, -0.1) is 0 Å². The maximum atomic E-state index is 4.52. The van der Waals surface area contributed by atoms with Crippen molar-refractivity contribution in [1.82, 2.24) is 14.9 Å². The predicted molar refractivity (Wildman–Crippen MR) is 79.8 cm³/mol. The molecule has 5 nitrogen and oxygen atoms in total. The van der Waals surface area contributed by atoms with E-state index in [1.165, 1.54) is 19.5 Å². The van der Waals surface area contributed by atoms with Crippen LogP contribution in [0.4, 0.5) is 11.6 Å². The molecule has 0 aliphatic carbocycles. The van der Waals surface area contributed by atoms with Gasteiger partial charge in [0.1, 0.15) is 17.5 Å². The van der Waals surface area contributed by atoms with Crippen molar-refractivity contribution in [3.05, 3.63) is 11.4 Å². The van der Waals surface area contributed by atoms with E-state index in [1.54, 1.807) is 0 Å². The minimum atomic E-state index is 0.724. The second-order valence-electron chi connectivity index (χ2n) is 5.42. The van der Waals surface area contributed by atoms with E-state index in [2.05, 4.69) is 46.4 Å². The Morgan fingerprint density at radius 1 is 1.21 bits per heavy atom. The maximum Gasteiger partial charge on any atom is 0.134 e. The van der Waals surface area contributed by atoms with Gasteiger partial charge in [0.05, 0.1) is 0 Å². The first-order valence-corrected chi connectivity index (χ1v) is 7.11. The molecule has 0 radical (unpaired) electrons. The van der Waals surface area contributed by atoms with Crippen molar-refractivity contribution in [3.63, 3.8) is 0 Å². The first-order chi connectivity index (χ1) is 9.10. The van der Waals surface area contributed by atoms with Gasteiger partial charge in [0.15, 0.2) is 0 Å². The molecule has 5 heteroatoms. The average Bonchev–Trinajstić information content (AvgIpc) is 2.78. The molecule has 1 aromatic rings. The quantitative estimate of drug-likeness (QED) is 0.849. The van der Waals surface area contributed by atoms with Crippen molar-refractivity contribution < 1.29 is 0 Å². The highest BCUT2D eigenvalue weighted by atomic mass is 15.1. The molecule has 1 aliphatic rings. The molecule has 0 bridgehead atoms. The SMILES string of the molecule is CCNc1nc(C)nc(NCC2CCN(C)C2)c1C. The van der Waals surface area contributed by atoms with Crippen LogP contribution in [0.25, 0.3) is 0 Å². The molecule has 1 aliphatic heterocycles. The number of aryl methyl sites for hydroxylation is 1. The van der Waals surface area contributed by atoms with E-state index >= 15 is 0 Å². The lowest BCUT2D eigenvalue weighted by molar-refractivity contribution is 0.399. The molecule has 2 rings (SSSR count). The largest absolute Gasteiger partial charge is 0.370 e. The molecule has 1 aromatic heterocycles. The normalized spacial score (nSPS) is 19.7. The fourth-order valence-corrected chi connectivity index (χ4v) is 2.57. The molecule has 106 valence electrons. The van der Waals surface area contributed by atoms with Gasteiger partial charge in [0, 0.05) is 25.2 Å². The molecular weight excluding hydrogens is 238 g/mol. The molecule has 1 atom stereocenters. The lowest BCUT2D eigenvalue weighted by Gasteiger charge is -2.16. The molecular formula is C14H25N5. The lowest BCUT2D eigenvalue weighted by Crippen LogP contribution is -2.20. The van der Waals surface area contributed by atoms with Crippen LogP contribution in [0.2, 0.25) is 0 Å². The Hall–Kier alpha value is -1.36. The Kier molecular flexibility index (Phi) is 4.58. The summed E-state index contributed by atoms with van der Waals surface area (Å²) >= 11 is 0. The zero-order chi connectivity index (χ0) is 13.8. The van der Waals surface area contributed by atoms with Gasteiger partial charge in [-0.25, -0.2) is 9.97 Å². The standard InChI is InChI=1S/C14H25N5/c1-5-15-13-10(2)14(18-11(3)17-13)16-8-12-6-7-19(4)9-12/h12H,5-9H2,1-4H3,(H2,15,16,17,18). The molecule has 1 saturated heterocycles. The van der Waals surface area contributed by atoms with Crippen LogP contribution in [0.1, 0.15) is 24.7 Å². The van der Waals surface area contributed by atoms with Crippen molar-refractivity contribution in [3.8, 4) is 0 Å². The third kappa shape index (κ3) is 3.56. The second-order valence-corrected chi connectivity index (χ2v) is 5.42. The smallest absolute Gasteiger partial charge is 0.134 e. The lowest BCUT2D eigenvalue weighted by atomic mass is 10.1. The van der Waals surface area contributed by atoms with Crippen molar-refractivity contribution in [2.24, 2.45) is 5.92 Å². The van der Waals surface area contributed by atoms with Gasteiger partial charge in [-0.05, 0) is 46.7 Å². The van der Waals surface area contributed by atoms with Crippen LogP contribution >= 0.6 is 0 Å². The van der Waals surface area contributed by atoms with E-state index in [0.29, 0.717) is 0 Å². The van der Waals surface area contributed by atoms with Crippen LogP contribution in [0.3, 0.4) is 0 Å². The van der Waals surface area contributed by atoms with Crippen LogP contribution in [-0.4, -0.2) is 48.1 Å². The summed E-state index contributed by atoms with van der Waals surface area (Å²) in [6, 6.07) is 0. The molecule has 2 heterocycles. The highest BCUT2D eigenvalue weighted by Crippen LogP contribution is 2.21. The molecule has 1 unspecified atom stereocenters. The van der Waals surface area contributed by atoms with E-state index in [-0.39, 0.29) is 0 Å². The first kappa shape index (κ1) is 14.1. The Labute approximate surface area is 115 Å². The molecule has 0 saturated carbocycles. The average molecular weight is 263 g/mol. The van der Waals surface area contributed by atoms with Crippen LogP contribution in [0.15, 0.2) is 0 Å². The Bertz CT molecular complexity index is 432. The monoisotopic (exact) mass is 263 g/mol. The summed E-state index contributed by atoms with van der Waals surface area (Å²) in [6.45, 7) is 10.3. The van der Waals surface area contributed by atoms with Gasteiger partial charge in [-0.1, -0.05) is 0 Å². The number of hydrogen-bond donors (Lipinski definition) is 2.